The Morgan fingerprint density at radius 1 is 0.590 bits per heavy atom. The molecule has 0 aliphatic heterocycles. The summed E-state index contributed by atoms with van der Waals surface area (Å²) in [5.74, 6) is 0. The van der Waals surface area contributed by atoms with Crippen LogP contribution in [0.1, 0.15) is 115 Å². The van der Waals surface area contributed by atoms with Crippen LogP contribution in [-0.4, -0.2) is 11.9 Å². The van der Waals surface area contributed by atoms with Crippen molar-refractivity contribution in [3.05, 3.63) is 84.0 Å². The summed E-state index contributed by atoms with van der Waals surface area (Å²) in [5, 5.41) is 0. The van der Waals surface area contributed by atoms with E-state index in [1.807, 2.05) is 6.21 Å². The van der Waals surface area contributed by atoms with Crippen molar-refractivity contribution in [2.75, 3.05) is 0 Å². The van der Waals surface area contributed by atoms with Crippen LogP contribution in [0, 0.1) is 0 Å². The van der Waals surface area contributed by atoms with Crippen LogP contribution in [0.5, 0.6) is 0 Å². The average molecular weight is 619 g/mol. The molecule has 2 aromatic carbocycles. The number of benzene rings is 2. The second-order valence-corrected chi connectivity index (χ2v) is 10.2. The first-order valence-electron chi connectivity index (χ1n) is 15.4. The van der Waals surface area contributed by atoms with Gasteiger partial charge in [0.1, 0.15) is 0 Å². The summed E-state index contributed by atoms with van der Waals surface area (Å²) < 4.78 is 0. The molecule has 0 saturated carbocycles. The van der Waals surface area contributed by atoms with Gasteiger partial charge in [-0.3, -0.25) is 9.98 Å². The molecule has 0 aromatic heterocycles. The molecular weight excluding hydrogens is 567 g/mol. The molecule has 0 bridgehead atoms. The van der Waals surface area contributed by atoms with E-state index >= 15 is 0 Å². The number of hydrogen-bond acceptors (Lipinski definition) is 2. The van der Waals surface area contributed by atoms with Crippen LogP contribution in [0.15, 0.2) is 82.8 Å². The molecule has 39 heavy (non-hydrogen) atoms. The van der Waals surface area contributed by atoms with Crippen LogP contribution >= 0.6 is 0 Å². The van der Waals surface area contributed by atoms with E-state index in [2.05, 4.69) is 93.6 Å². The Morgan fingerprint density at radius 3 is 1.72 bits per heavy atom. The van der Waals surface area contributed by atoms with Gasteiger partial charge in [-0.05, 0) is 74.6 Å². The molecule has 216 valence electrons. The van der Waals surface area contributed by atoms with Gasteiger partial charge in [-0.15, -0.1) is 0 Å². The topological polar surface area (TPSA) is 24.7 Å². The molecule has 0 fully saturated rings. The second kappa shape index (κ2) is 23.8. The molecule has 3 heteroatoms. The van der Waals surface area contributed by atoms with E-state index < -0.39 is 0 Å². The zero-order chi connectivity index (χ0) is 27.1. The predicted octanol–water partition coefficient (Wildman–Crippen LogP) is 11.5. The Morgan fingerprint density at radius 2 is 1.10 bits per heavy atom. The molecular formula is C36H52N2Pd. The van der Waals surface area contributed by atoms with E-state index in [-0.39, 0.29) is 20.4 Å². The standard InChI is InChI=1S/C36H52N2.Pd/c1-4-7-10-13-16-19-28-34(38-36-30-23-21-27-33(36)25-18-15-12-9-6-3)31-37-35-29-22-20-26-32(35)24-17-14-11-8-5-2;/h11-12,14-15,20-23,26-27,29-31H,4-10,13,16-19,24-25,28H2,1-3H3;/b14-11+,15-12+,37-31+,38-34+;. The van der Waals surface area contributed by atoms with Crippen molar-refractivity contribution in [2.45, 2.75) is 117 Å². The van der Waals surface area contributed by atoms with Gasteiger partial charge in [0.15, 0.2) is 0 Å². The number of rotatable bonds is 20. The van der Waals surface area contributed by atoms with Crippen molar-refractivity contribution >= 4 is 23.3 Å². The van der Waals surface area contributed by atoms with Gasteiger partial charge in [-0.1, -0.05) is 126 Å². The third kappa shape index (κ3) is 15.9. The monoisotopic (exact) mass is 618 g/mol. The molecule has 0 unspecified atom stereocenters. The van der Waals surface area contributed by atoms with Gasteiger partial charge in [0.2, 0.25) is 0 Å². The zero-order valence-corrected chi connectivity index (χ0v) is 26.4. The van der Waals surface area contributed by atoms with E-state index in [9.17, 15) is 0 Å². The van der Waals surface area contributed by atoms with Crippen molar-refractivity contribution in [1.29, 1.82) is 0 Å². The first kappa shape index (κ1) is 34.9. The fraction of sp³-hybridized carbons (Fsp3) is 0.500. The number of allylic oxidation sites excluding steroid dienone is 4. The Balaban J connectivity index is 0.00000760. The smallest absolute Gasteiger partial charge is 0.0665 e. The number of aliphatic imine (C=N–C) groups is 2. The average Bonchev–Trinajstić information content (AvgIpc) is 2.94. The van der Waals surface area contributed by atoms with Crippen molar-refractivity contribution in [3.8, 4) is 0 Å². The van der Waals surface area contributed by atoms with Gasteiger partial charge >= 0.3 is 0 Å². The largest absolute Gasteiger partial charge is 0.255 e. The van der Waals surface area contributed by atoms with Crippen molar-refractivity contribution < 1.29 is 20.4 Å². The van der Waals surface area contributed by atoms with E-state index in [4.69, 9.17) is 9.98 Å². The normalized spacial score (nSPS) is 12.1. The minimum absolute atomic E-state index is 0. The molecule has 0 N–H and O–H groups in total. The number of hydrogen-bond donors (Lipinski definition) is 0. The third-order valence-corrected chi connectivity index (χ3v) is 6.79. The van der Waals surface area contributed by atoms with Crippen molar-refractivity contribution in [1.82, 2.24) is 0 Å². The van der Waals surface area contributed by atoms with Crippen LogP contribution in [0.3, 0.4) is 0 Å². The minimum Gasteiger partial charge on any atom is -0.255 e. The molecule has 0 amide bonds. The van der Waals surface area contributed by atoms with Crippen LogP contribution in [-0.2, 0) is 33.3 Å². The molecule has 0 atom stereocenters. The number of para-hydroxylation sites is 2. The molecule has 0 spiro atoms. The summed E-state index contributed by atoms with van der Waals surface area (Å²) >= 11 is 0. The zero-order valence-electron chi connectivity index (χ0n) is 24.8. The van der Waals surface area contributed by atoms with Crippen molar-refractivity contribution in [2.24, 2.45) is 9.98 Å². The predicted molar refractivity (Wildman–Crippen MR) is 171 cm³/mol. The van der Waals surface area contributed by atoms with Gasteiger partial charge in [0.25, 0.3) is 0 Å². The summed E-state index contributed by atoms with van der Waals surface area (Å²) in [5.41, 5.74) is 5.89. The summed E-state index contributed by atoms with van der Waals surface area (Å²) in [6.07, 6.45) is 28.9. The van der Waals surface area contributed by atoms with Gasteiger partial charge in [-0.2, -0.15) is 0 Å². The molecule has 0 aliphatic carbocycles. The quantitative estimate of drug-likeness (QED) is 0.0610. The maximum absolute atomic E-state index is 5.18. The summed E-state index contributed by atoms with van der Waals surface area (Å²) in [4.78, 5) is 10.2. The number of nitrogens with zero attached hydrogens (tertiary/aromatic N) is 2. The Hall–Kier alpha value is -2.08. The van der Waals surface area contributed by atoms with E-state index in [1.165, 1.54) is 62.5 Å². The SMILES string of the molecule is CCC/C=C/CCc1ccccc1/N=C/C(CCCCCCCC)=N/c1ccccc1CC/C=C/CCC.[Pd]. The molecule has 0 aliphatic rings. The molecule has 0 heterocycles. The first-order valence-corrected chi connectivity index (χ1v) is 15.4. The number of unbranched alkanes of at least 4 members (excludes halogenated alkanes) is 7. The Bertz CT molecular complexity index is 1000. The maximum Gasteiger partial charge on any atom is 0.0665 e. The Kier molecular flexibility index (Phi) is 21.3. The van der Waals surface area contributed by atoms with Crippen LogP contribution in [0.4, 0.5) is 11.4 Å². The minimum atomic E-state index is 0. The molecule has 2 nitrogen and oxygen atoms in total. The molecule has 0 saturated heterocycles. The van der Waals surface area contributed by atoms with Crippen LogP contribution in [0.2, 0.25) is 0 Å². The Labute approximate surface area is 253 Å². The van der Waals surface area contributed by atoms with Gasteiger partial charge < -0.3 is 0 Å². The molecule has 2 rings (SSSR count). The van der Waals surface area contributed by atoms with Crippen LogP contribution in [0.25, 0.3) is 0 Å². The maximum atomic E-state index is 5.18. The third-order valence-electron chi connectivity index (χ3n) is 6.79. The summed E-state index contributed by atoms with van der Waals surface area (Å²) in [7, 11) is 0. The van der Waals surface area contributed by atoms with Crippen LogP contribution < -0.4 is 0 Å². The van der Waals surface area contributed by atoms with E-state index in [0.717, 1.165) is 62.0 Å². The molecule has 2 aromatic rings. The van der Waals surface area contributed by atoms with Gasteiger partial charge in [0.05, 0.1) is 17.1 Å². The summed E-state index contributed by atoms with van der Waals surface area (Å²) in [6, 6.07) is 17.2. The molecule has 0 radical (unpaired) electrons. The van der Waals surface area contributed by atoms with Crippen molar-refractivity contribution in [3.63, 3.8) is 0 Å². The fourth-order valence-corrected chi connectivity index (χ4v) is 4.50. The first-order chi connectivity index (χ1) is 18.8. The number of aryl methyl sites for hydroxylation is 2. The van der Waals surface area contributed by atoms with Gasteiger partial charge in [-0.25, -0.2) is 0 Å². The second-order valence-electron chi connectivity index (χ2n) is 10.2. The summed E-state index contributed by atoms with van der Waals surface area (Å²) in [6.45, 7) is 6.73. The van der Waals surface area contributed by atoms with E-state index in [0.29, 0.717) is 0 Å². The fourth-order valence-electron chi connectivity index (χ4n) is 4.50. The van der Waals surface area contributed by atoms with Gasteiger partial charge in [0, 0.05) is 26.6 Å². The van der Waals surface area contributed by atoms with E-state index in [1.54, 1.807) is 0 Å².